The summed E-state index contributed by atoms with van der Waals surface area (Å²) >= 11 is 0. The maximum Gasteiger partial charge on any atom is 0.269 e. The Balaban J connectivity index is 1.47. The summed E-state index contributed by atoms with van der Waals surface area (Å²) in [7, 11) is -0.924. The summed E-state index contributed by atoms with van der Waals surface area (Å²) < 4.78 is 39.7. The molecule has 3 aromatic carbocycles. The van der Waals surface area contributed by atoms with E-state index >= 15 is 0 Å². The number of hydrogen-bond donors (Lipinski definition) is 2. The quantitative estimate of drug-likeness (QED) is 0.255. The monoisotopic (exact) mass is 507 g/mol. The van der Waals surface area contributed by atoms with Crippen molar-refractivity contribution in [2.24, 2.45) is 5.92 Å². The van der Waals surface area contributed by atoms with Crippen LogP contribution in [0, 0.1) is 16.0 Å². The van der Waals surface area contributed by atoms with E-state index in [1.54, 1.807) is 48.5 Å². The van der Waals surface area contributed by atoms with Crippen molar-refractivity contribution < 1.29 is 22.8 Å². The Hall–Kier alpha value is -4.05. The Morgan fingerprint density at radius 3 is 2.64 bits per heavy atom. The van der Waals surface area contributed by atoms with Crippen LogP contribution in [0.15, 0.2) is 77.7 Å². The van der Waals surface area contributed by atoms with E-state index in [0.717, 1.165) is 23.2 Å². The van der Waals surface area contributed by atoms with E-state index in [1.165, 1.54) is 20.3 Å². The molecule has 5 rings (SSSR count). The van der Waals surface area contributed by atoms with Crippen LogP contribution in [0.4, 0.5) is 17.1 Å². The molecule has 0 saturated heterocycles. The maximum atomic E-state index is 13.3. The standard InChI is InChI=1S/C26H25N3O6S/c1-34-18-9-11-24(25(14-18)35-2)28-36(32,33)19-10-12-23-22(15-19)20-7-4-8-21(20)26(27-23)16-5-3-6-17(13-16)29(30)31/h3-7,9-15,20-21,26-28H,8H2,1-2H3/t20-,21+,26+/m0/s1. The third-order valence-corrected chi connectivity index (χ3v) is 8.10. The molecule has 1 heterocycles. The van der Waals surface area contributed by atoms with Gasteiger partial charge in [-0.2, -0.15) is 0 Å². The number of benzene rings is 3. The number of sulfonamides is 1. The number of methoxy groups -OCH3 is 2. The fourth-order valence-electron chi connectivity index (χ4n) is 4.99. The molecule has 3 aromatic rings. The number of non-ortho nitro benzene ring substituents is 1. The lowest BCUT2D eigenvalue weighted by molar-refractivity contribution is -0.384. The van der Waals surface area contributed by atoms with Gasteiger partial charge in [0.1, 0.15) is 11.5 Å². The molecule has 3 atom stereocenters. The van der Waals surface area contributed by atoms with Crippen molar-refractivity contribution in [1.82, 2.24) is 0 Å². The van der Waals surface area contributed by atoms with Crippen LogP contribution in [0.25, 0.3) is 0 Å². The average molecular weight is 508 g/mol. The highest BCUT2D eigenvalue weighted by Gasteiger charge is 2.39. The van der Waals surface area contributed by atoms with Gasteiger partial charge in [0.15, 0.2) is 0 Å². The van der Waals surface area contributed by atoms with Crippen molar-refractivity contribution in [2.45, 2.75) is 23.3 Å². The SMILES string of the molecule is COc1ccc(NS(=O)(=O)c2ccc3c(c2)[C@H]2C=CC[C@H]2[C@@H](c2cccc([N+](=O)[O-])c2)N3)c(OC)c1. The van der Waals surface area contributed by atoms with Gasteiger partial charge in [0, 0.05) is 29.8 Å². The zero-order valence-electron chi connectivity index (χ0n) is 19.7. The minimum atomic E-state index is -3.91. The van der Waals surface area contributed by atoms with Gasteiger partial charge in [-0.1, -0.05) is 24.3 Å². The number of allylic oxidation sites excluding steroid dienone is 2. The fraction of sp³-hybridized carbons (Fsp3) is 0.231. The summed E-state index contributed by atoms with van der Waals surface area (Å²) in [5.74, 6) is 0.978. The van der Waals surface area contributed by atoms with Crippen LogP contribution < -0.4 is 19.5 Å². The summed E-state index contributed by atoms with van der Waals surface area (Å²) in [5.41, 5.74) is 2.86. The van der Waals surface area contributed by atoms with Crippen molar-refractivity contribution in [3.8, 4) is 11.5 Å². The van der Waals surface area contributed by atoms with Crippen molar-refractivity contribution >= 4 is 27.1 Å². The number of ether oxygens (including phenoxy) is 2. The molecular weight excluding hydrogens is 482 g/mol. The number of nitrogens with one attached hydrogen (secondary N) is 2. The first-order chi connectivity index (χ1) is 17.3. The second kappa shape index (κ2) is 9.19. The normalized spacial score (nSPS) is 20.1. The third kappa shape index (κ3) is 4.24. The smallest absolute Gasteiger partial charge is 0.269 e. The predicted molar refractivity (Wildman–Crippen MR) is 136 cm³/mol. The molecule has 0 amide bonds. The number of nitro benzene ring substituents is 1. The summed E-state index contributed by atoms with van der Waals surface area (Å²) in [4.78, 5) is 11.0. The van der Waals surface area contributed by atoms with Crippen molar-refractivity contribution in [2.75, 3.05) is 24.3 Å². The topological polar surface area (TPSA) is 120 Å². The molecule has 0 saturated carbocycles. The Morgan fingerprint density at radius 1 is 1.06 bits per heavy atom. The first-order valence-corrected chi connectivity index (χ1v) is 12.9. The van der Waals surface area contributed by atoms with Crippen LogP contribution in [-0.2, 0) is 10.0 Å². The largest absolute Gasteiger partial charge is 0.497 e. The Labute approximate surface area is 209 Å². The van der Waals surface area contributed by atoms with Crippen LogP contribution in [0.2, 0.25) is 0 Å². The van der Waals surface area contributed by atoms with Crippen molar-refractivity contribution in [1.29, 1.82) is 0 Å². The number of anilines is 2. The van der Waals surface area contributed by atoms with Gasteiger partial charge < -0.3 is 14.8 Å². The molecule has 10 heteroatoms. The molecule has 2 aliphatic rings. The molecule has 0 aromatic heterocycles. The molecular formula is C26H25N3O6S. The molecule has 1 aliphatic carbocycles. The number of rotatable bonds is 7. The molecule has 36 heavy (non-hydrogen) atoms. The average Bonchev–Trinajstić information content (AvgIpc) is 3.38. The van der Waals surface area contributed by atoms with Crippen LogP contribution in [-0.4, -0.2) is 27.6 Å². The molecule has 1 aliphatic heterocycles. The lowest BCUT2D eigenvalue weighted by Crippen LogP contribution is -2.29. The van der Waals surface area contributed by atoms with E-state index in [-0.39, 0.29) is 28.5 Å². The molecule has 9 nitrogen and oxygen atoms in total. The maximum absolute atomic E-state index is 13.3. The molecule has 0 fully saturated rings. The van der Waals surface area contributed by atoms with Gasteiger partial charge in [-0.3, -0.25) is 14.8 Å². The first kappa shape index (κ1) is 23.7. The molecule has 2 N–H and O–H groups in total. The summed E-state index contributed by atoms with van der Waals surface area (Å²) in [6.45, 7) is 0. The van der Waals surface area contributed by atoms with Gasteiger partial charge >= 0.3 is 0 Å². The molecule has 0 spiro atoms. The summed E-state index contributed by atoms with van der Waals surface area (Å²) in [5, 5.41) is 14.8. The number of hydrogen-bond acceptors (Lipinski definition) is 7. The minimum Gasteiger partial charge on any atom is -0.497 e. The summed E-state index contributed by atoms with van der Waals surface area (Å²) in [6, 6.07) is 16.4. The fourth-order valence-corrected chi connectivity index (χ4v) is 6.09. The second-order valence-corrected chi connectivity index (χ2v) is 10.4. The van der Waals surface area contributed by atoms with Gasteiger partial charge in [-0.15, -0.1) is 0 Å². The molecule has 0 radical (unpaired) electrons. The lowest BCUT2D eigenvalue weighted by atomic mass is 9.77. The Bertz CT molecular complexity index is 1470. The predicted octanol–water partition coefficient (Wildman–Crippen LogP) is 5.24. The van der Waals surface area contributed by atoms with E-state index in [9.17, 15) is 18.5 Å². The molecule has 0 unspecified atom stereocenters. The van der Waals surface area contributed by atoms with Gasteiger partial charge in [-0.25, -0.2) is 8.42 Å². The number of nitrogens with zero attached hydrogens (tertiary/aromatic N) is 1. The van der Waals surface area contributed by atoms with Crippen molar-refractivity contribution in [3.63, 3.8) is 0 Å². The number of nitro groups is 1. The zero-order chi connectivity index (χ0) is 25.4. The third-order valence-electron chi connectivity index (χ3n) is 6.74. The van der Waals surface area contributed by atoms with Crippen LogP contribution in [0.5, 0.6) is 11.5 Å². The van der Waals surface area contributed by atoms with E-state index in [0.29, 0.717) is 17.2 Å². The highest BCUT2D eigenvalue weighted by atomic mass is 32.2. The lowest BCUT2D eigenvalue weighted by Gasteiger charge is -2.37. The van der Waals surface area contributed by atoms with Gasteiger partial charge in [0.2, 0.25) is 0 Å². The number of fused-ring (bicyclic) bond motifs is 3. The van der Waals surface area contributed by atoms with E-state index in [4.69, 9.17) is 9.47 Å². The Kier molecular flexibility index (Phi) is 6.05. The van der Waals surface area contributed by atoms with Gasteiger partial charge in [0.05, 0.1) is 35.8 Å². The Morgan fingerprint density at radius 2 is 1.89 bits per heavy atom. The van der Waals surface area contributed by atoms with Crippen LogP contribution in [0.1, 0.15) is 29.5 Å². The van der Waals surface area contributed by atoms with E-state index in [1.807, 2.05) is 6.07 Å². The van der Waals surface area contributed by atoms with Gasteiger partial charge in [-0.05, 0) is 53.8 Å². The van der Waals surface area contributed by atoms with E-state index in [2.05, 4.69) is 22.2 Å². The second-order valence-electron chi connectivity index (χ2n) is 8.75. The van der Waals surface area contributed by atoms with Crippen LogP contribution in [0.3, 0.4) is 0 Å². The molecule has 0 bridgehead atoms. The van der Waals surface area contributed by atoms with Crippen molar-refractivity contribution in [3.05, 3.63) is 94.1 Å². The zero-order valence-corrected chi connectivity index (χ0v) is 20.5. The highest BCUT2D eigenvalue weighted by molar-refractivity contribution is 7.92. The van der Waals surface area contributed by atoms with Crippen LogP contribution >= 0.6 is 0 Å². The van der Waals surface area contributed by atoms with E-state index < -0.39 is 14.9 Å². The van der Waals surface area contributed by atoms with Gasteiger partial charge in [0.25, 0.3) is 15.7 Å². The first-order valence-electron chi connectivity index (χ1n) is 11.4. The highest BCUT2D eigenvalue weighted by Crippen LogP contribution is 2.50. The molecule has 186 valence electrons. The summed E-state index contributed by atoms with van der Waals surface area (Å²) in [6.07, 6.45) is 4.95. The minimum absolute atomic E-state index is 0.0174.